The second-order valence-corrected chi connectivity index (χ2v) is 7.19. The molecule has 3 aromatic rings. The van der Waals surface area contributed by atoms with Crippen molar-refractivity contribution in [3.05, 3.63) is 70.7 Å². The van der Waals surface area contributed by atoms with E-state index in [0.717, 1.165) is 26.7 Å². The Morgan fingerprint density at radius 3 is 2.60 bits per heavy atom. The molecule has 0 spiro atoms. The largest absolute Gasteiger partial charge is 0.492 e. The van der Waals surface area contributed by atoms with Crippen LogP contribution in [0.1, 0.15) is 24.2 Å². The molecule has 0 fully saturated rings. The van der Waals surface area contributed by atoms with Crippen molar-refractivity contribution in [2.24, 2.45) is 5.92 Å². The summed E-state index contributed by atoms with van der Waals surface area (Å²) in [4.78, 5) is 12.6. The summed E-state index contributed by atoms with van der Waals surface area (Å²) in [5.74, 6) is 1.05. The predicted molar refractivity (Wildman–Crippen MR) is 106 cm³/mol. The van der Waals surface area contributed by atoms with Gasteiger partial charge in [-0.25, -0.2) is 0 Å². The second-order valence-electron chi connectivity index (χ2n) is 6.33. The van der Waals surface area contributed by atoms with Gasteiger partial charge in [-0.3, -0.25) is 4.79 Å². The highest BCUT2D eigenvalue weighted by atomic mass is 79.9. The fraction of sp³-hybridized carbons (Fsp3) is 0.190. The predicted octanol–water partition coefficient (Wildman–Crippen LogP) is 5.89. The van der Waals surface area contributed by atoms with Crippen LogP contribution >= 0.6 is 15.9 Å². The van der Waals surface area contributed by atoms with Crippen molar-refractivity contribution in [1.29, 1.82) is 0 Å². The average molecular weight is 398 g/mol. The summed E-state index contributed by atoms with van der Waals surface area (Å²) < 4.78 is 6.51. The lowest BCUT2D eigenvalue weighted by Crippen LogP contribution is -2.12. The van der Waals surface area contributed by atoms with Crippen LogP contribution in [-0.2, 0) is 0 Å². The zero-order valence-corrected chi connectivity index (χ0v) is 15.8. The Bertz CT molecular complexity index is 900. The minimum atomic E-state index is -0.146. The lowest BCUT2D eigenvalue weighted by molar-refractivity contribution is 0.102. The van der Waals surface area contributed by atoms with Gasteiger partial charge in [-0.2, -0.15) is 0 Å². The number of anilines is 1. The van der Waals surface area contributed by atoms with Crippen molar-refractivity contribution in [1.82, 2.24) is 0 Å². The minimum absolute atomic E-state index is 0.146. The van der Waals surface area contributed by atoms with Crippen LogP contribution < -0.4 is 10.1 Å². The van der Waals surface area contributed by atoms with E-state index in [2.05, 4.69) is 35.1 Å². The average Bonchev–Trinajstić information content (AvgIpc) is 2.60. The van der Waals surface area contributed by atoms with Crippen LogP contribution in [0.5, 0.6) is 5.75 Å². The summed E-state index contributed by atoms with van der Waals surface area (Å²) in [7, 11) is 0. The van der Waals surface area contributed by atoms with Gasteiger partial charge in [0.2, 0.25) is 0 Å². The van der Waals surface area contributed by atoms with E-state index < -0.39 is 0 Å². The van der Waals surface area contributed by atoms with Gasteiger partial charge in [0, 0.05) is 16.6 Å². The maximum absolute atomic E-state index is 12.6. The summed E-state index contributed by atoms with van der Waals surface area (Å²) in [6.07, 6.45) is 0. The van der Waals surface area contributed by atoms with Gasteiger partial charge in [-0.05, 0) is 51.5 Å². The van der Waals surface area contributed by atoms with Gasteiger partial charge in [-0.1, -0.05) is 50.2 Å². The van der Waals surface area contributed by atoms with Crippen molar-refractivity contribution < 1.29 is 9.53 Å². The number of carbonyl (C=O) groups excluding carboxylic acids is 1. The van der Waals surface area contributed by atoms with E-state index in [1.165, 1.54) is 0 Å². The van der Waals surface area contributed by atoms with Crippen LogP contribution in [0.3, 0.4) is 0 Å². The van der Waals surface area contributed by atoms with Crippen molar-refractivity contribution in [3.8, 4) is 5.75 Å². The van der Waals surface area contributed by atoms with Gasteiger partial charge in [0.05, 0.1) is 11.1 Å². The monoisotopic (exact) mass is 397 g/mol. The highest BCUT2D eigenvalue weighted by molar-refractivity contribution is 9.10. The highest BCUT2D eigenvalue weighted by Gasteiger charge is 2.11. The molecular formula is C21H20BrNO2. The number of halogens is 1. The SMILES string of the molecule is CC(C)COc1ccc(C(=O)Nc2cccc3ccccc23)cc1Br. The Labute approximate surface area is 156 Å². The lowest BCUT2D eigenvalue weighted by atomic mass is 10.1. The molecule has 3 aromatic carbocycles. The van der Waals surface area contributed by atoms with Crippen LogP contribution in [0.25, 0.3) is 10.8 Å². The third kappa shape index (κ3) is 4.20. The van der Waals surface area contributed by atoms with Gasteiger partial charge in [-0.15, -0.1) is 0 Å². The van der Waals surface area contributed by atoms with Crippen molar-refractivity contribution in [2.75, 3.05) is 11.9 Å². The number of fused-ring (bicyclic) bond motifs is 1. The summed E-state index contributed by atoms with van der Waals surface area (Å²) in [5, 5.41) is 5.12. The van der Waals surface area contributed by atoms with Gasteiger partial charge < -0.3 is 10.1 Å². The minimum Gasteiger partial charge on any atom is -0.492 e. The number of nitrogens with one attached hydrogen (secondary N) is 1. The van der Waals surface area contributed by atoms with E-state index in [4.69, 9.17) is 4.74 Å². The van der Waals surface area contributed by atoms with Crippen LogP contribution in [0.4, 0.5) is 5.69 Å². The third-order valence-corrected chi connectivity index (χ3v) is 4.42. The molecule has 3 nitrogen and oxygen atoms in total. The Balaban J connectivity index is 1.80. The maximum Gasteiger partial charge on any atom is 0.255 e. The first kappa shape index (κ1) is 17.5. The van der Waals surface area contributed by atoms with E-state index in [1.54, 1.807) is 12.1 Å². The molecule has 0 saturated heterocycles. The summed E-state index contributed by atoms with van der Waals surface area (Å²) in [5.41, 5.74) is 1.39. The number of ether oxygens (including phenoxy) is 1. The first-order valence-corrected chi connectivity index (χ1v) is 9.05. The van der Waals surface area contributed by atoms with Gasteiger partial charge in [0.25, 0.3) is 5.91 Å². The molecule has 0 bridgehead atoms. The molecule has 0 unspecified atom stereocenters. The van der Waals surface area contributed by atoms with Gasteiger partial charge in [0.1, 0.15) is 5.75 Å². The molecule has 0 atom stereocenters. The lowest BCUT2D eigenvalue weighted by Gasteiger charge is -2.12. The summed E-state index contributed by atoms with van der Waals surface area (Å²) in [6.45, 7) is 4.83. The molecule has 0 aromatic heterocycles. The molecule has 0 aliphatic heterocycles. The van der Waals surface area contributed by atoms with Gasteiger partial charge >= 0.3 is 0 Å². The Kier molecular flexibility index (Phi) is 5.39. The molecule has 0 aliphatic rings. The fourth-order valence-electron chi connectivity index (χ4n) is 2.54. The standard InChI is InChI=1S/C21H20BrNO2/c1-14(2)13-25-20-11-10-16(12-18(20)22)21(24)23-19-9-5-7-15-6-3-4-8-17(15)19/h3-12,14H,13H2,1-2H3,(H,23,24). The van der Waals surface area contributed by atoms with Crippen molar-refractivity contribution in [3.63, 3.8) is 0 Å². The topological polar surface area (TPSA) is 38.3 Å². The Morgan fingerprint density at radius 2 is 1.84 bits per heavy atom. The molecule has 25 heavy (non-hydrogen) atoms. The Hall–Kier alpha value is -2.33. The first-order chi connectivity index (χ1) is 12.0. The van der Waals surface area contributed by atoms with Crippen molar-refractivity contribution >= 4 is 38.3 Å². The Morgan fingerprint density at radius 1 is 1.08 bits per heavy atom. The van der Waals surface area contributed by atoms with Crippen LogP contribution in [0.15, 0.2) is 65.1 Å². The number of hydrogen-bond donors (Lipinski definition) is 1. The number of carbonyl (C=O) groups is 1. The number of rotatable bonds is 5. The molecule has 128 valence electrons. The zero-order valence-electron chi connectivity index (χ0n) is 14.3. The van der Waals surface area contributed by atoms with E-state index in [0.29, 0.717) is 18.1 Å². The number of benzene rings is 3. The number of amides is 1. The normalized spacial score (nSPS) is 10.9. The molecule has 0 radical (unpaired) electrons. The van der Waals surface area contributed by atoms with Gasteiger partial charge in [0.15, 0.2) is 0 Å². The quantitative estimate of drug-likeness (QED) is 0.582. The van der Waals surface area contributed by atoms with Crippen LogP contribution in [0.2, 0.25) is 0 Å². The third-order valence-electron chi connectivity index (χ3n) is 3.80. The van der Waals surface area contributed by atoms with E-state index in [9.17, 15) is 4.79 Å². The molecule has 1 amide bonds. The molecule has 0 heterocycles. The molecule has 4 heteroatoms. The van der Waals surface area contributed by atoms with E-state index >= 15 is 0 Å². The van der Waals surface area contributed by atoms with Crippen molar-refractivity contribution in [2.45, 2.75) is 13.8 Å². The summed E-state index contributed by atoms with van der Waals surface area (Å²) in [6, 6.07) is 19.3. The number of hydrogen-bond acceptors (Lipinski definition) is 2. The van der Waals surface area contributed by atoms with Crippen LogP contribution in [-0.4, -0.2) is 12.5 Å². The second kappa shape index (κ2) is 7.70. The maximum atomic E-state index is 12.6. The highest BCUT2D eigenvalue weighted by Crippen LogP contribution is 2.28. The smallest absolute Gasteiger partial charge is 0.255 e. The summed E-state index contributed by atoms with van der Waals surface area (Å²) >= 11 is 3.49. The zero-order chi connectivity index (χ0) is 17.8. The fourth-order valence-corrected chi connectivity index (χ4v) is 3.04. The van der Waals surface area contributed by atoms with E-state index in [-0.39, 0.29) is 5.91 Å². The first-order valence-electron chi connectivity index (χ1n) is 8.26. The molecule has 1 N–H and O–H groups in total. The molecule has 0 saturated carbocycles. The molecule has 3 rings (SSSR count). The van der Waals surface area contributed by atoms with Crippen LogP contribution in [0, 0.1) is 5.92 Å². The van der Waals surface area contributed by atoms with E-state index in [1.807, 2.05) is 48.5 Å². The molecular weight excluding hydrogens is 378 g/mol. The molecule has 0 aliphatic carbocycles.